The molecule has 1 heterocycles. The average Bonchev–Trinajstić information content (AvgIpc) is 2.45. The smallest absolute Gasteiger partial charge is 0.175 e. The van der Waals surface area contributed by atoms with Crippen LogP contribution in [0.3, 0.4) is 0 Å². The van der Waals surface area contributed by atoms with Crippen molar-refractivity contribution < 1.29 is 17.9 Å². The maximum atomic E-state index is 12.1. The summed E-state index contributed by atoms with van der Waals surface area (Å²) in [5.74, 6) is 1.26. The molecule has 1 aromatic rings. The zero-order valence-electron chi connectivity index (χ0n) is 12.1. The predicted molar refractivity (Wildman–Crippen MR) is 77.5 cm³/mol. The first kappa shape index (κ1) is 15.1. The largest absolute Gasteiger partial charge is 0.493 e. The average molecular weight is 299 g/mol. The van der Waals surface area contributed by atoms with Crippen molar-refractivity contribution in [3.8, 4) is 11.5 Å². The van der Waals surface area contributed by atoms with Crippen LogP contribution >= 0.6 is 0 Å². The number of benzene rings is 1. The second kappa shape index (κ2) is 6.01. The SMILES string of the molecule is COc1cc(C2CCNCC2)c(S(C)(=O)=O)cc1OC. The normalized spacial score (nSPS) is 16.9. The molecule has 0 bridgehead atoms. The molecule has 0 aliphatic carbocycles. The van der Waals surface area contributed by atoms with Gasteiger partial charge in [-0.3, -0.25) is 0 Å². The minimum atomic E-state index is -3.30. The number of hydrogen-bond donors (Lipinski definition) is 1. The van der Waals surface area contributed by atoms with Crippen LogP contribution in [0.25, 0.3) is 0 Å². The van der Waals surface area contributed by atoms with Crippen LogP contribution in [-0.4, -0.2) is 42.0 Å². The van der Waals surface area contributed by atoms with Crippen LogP contribution in [0.15, 0.2) is 17.0 Å². The van der Waals surface area contributed by atoms with E-state index in [9.17, 15) is 8.42 Å². The molecule has 1 aliphatic heterocycles. The molecule has 20 heavy (non-hydrogen) atoms. The third-order valence-corrected chi connectivity index (χ3v) is 4.85. The Bertz CT molecular complexity index is 577. The summed E-state index contributed by atoms with van der Waals surface area (Å²) in [5.41, 5.74) is 0.839. The maximum absolute atomic E-state index is 12.1. The lowest BCUT2D eigenvalue weighted by molar-refractivity contribution is 0.351. The Labute approximate surface area is 120 Å². The molecule has 0 aromatic heterocycles. The highest BCUT2D eigenvalue weighted by Crippen LogP contribution is 2.38. The molecule has 6 heteroatoms. The molecule has 0 unspecified atom stereocenters. The van der Waals surface area contributed by atoms with E-state index in [2.05, 4.69) is 5.32 Å². The van der Waals surface area contributed by atoms with Crippen LogP contribution in [0.1, 0.15) is 24.3 Å². The Kier molecular flexibility index (Phi) is 4.55. The summed E-state index contributed by atoms with van der Waals surface area (Å²) in [6, 6.07) is 3.39. The quantitative estimate of drug-likeness (QED) is 0.914. The van der Waals surface area contributed by atoms with Crippen molar-refractivity contribution in [2.75, 3.05) is 33.6 Å². The van der Waals surface area contributed by atoms with E-state index in [1.54, 1.807) is 13.2 Å². The van der Waals surface area contributed by atoms with Gasteiger partial charge in [-0.2, -0.15) is 0 Å². The Morgan fingerprint density at radius 2 is 1.65 bits per heavy atom. The molecule has 0 spiro atoms. The van der Waals surface area contributed by atoms with Crippen molar-refractivity contribution in [1.82, 2.24) is 5.32 Å². The van der Waals surface area contributed by atoms with Gasteiger partial charge in [-0.25, -0.2) is 8.42 Å². The number of hydrogen-bond acceptors (Lipinski definition) is 5. The van der Waals surface area contributed by atoms with Gasteiger partial charge in [0.2, 0.25) is 0 Å². The van der Waals surface area contributed by atoms with Crippen molar-refractivity contribution in [3.05, 3.63) is 17.7 Å². The summed E-state index contributed by atoms with van der Waals surface area (Å²) in [4.78, 5) is 0.349. The number of rotatable bonds is 4. The summed E-state index contributed by atoms with van der Waals surface area (Å²) >= 11 is 0. The van der Waals surface area contributed by atoms with Gasteiger partial charge in [0, 0.05) is 12.3 Å². The molecule has 5 nitrogen and oxygen atoms in total. The van der Waals surface area contributed by atoms with Gasteiger partial charge in [0.25, 0.3) is 0 Å². The van der Waals surface area contributed by atoms with Gasteiger partial charge in [0.15, 0.2) is 21.3 Å². The van der Waals surface area contributed by atoms with Gasteiger partial charge in [-0.05, 0) is 43.5 Å². The van der Waals surface area contributed by atoms with Crippen molar-refractivity contribution in [2.45, 2.75) is 23.7 Å². The molecule has 1 aromatic carbocycles. The molecule has 0 amide bonds. The van der Waals surface area contributed by atoms with E-state index in [1.807, 2.05) is 6.07 Å². The predicted octanol–water partition coefficient (Wildman–Crippen LogP) is 1.57. The second-order valence-corrected chi connectivity index (χ2v) is 7.03. The van der Waals surface area contributed by atoms with Gasteiger partial charge >= 0.3 is 0 Å². The van der Waals surface area contributed by atoms with Gasteiger partial charge in [0.1, 0.15) is 0 Å². The van der Waals surface area contributed by atoms with E-state index in [0.29, 0.717) is 16.4 Å². The van der Waals surface area contributed by atoms with Crippen LogP contribution in [-0.2, 0) is 9.84 Å². The lowest BCUT2D eigenvalue weighted by atomic mass is 9.90. The third-order valence-electron chi connectivity index (χ3n) is 3.69. The van der Waals surface area contributed by atoms with Crippen molar-refractivity contribution >= 4 is 9.84 Å². The maximum Gasteiger partial charge on any atom is 0.175 e. The van der Waals surface area contributed by atoms with Crippen molar-refractivity contribution in [2.24, 2.45) is 0 Å². The summed E-state index contributed by atoms with van der Waals surface area (Å²) in [6.45, 7) is 1.81. The number of nitrogens with one attached hydrogen (secondary N) is 1. The molecule has 112 valence electrons. The molecule has 2 rings (SSSR count). The molecule has 1 N–H and O–H groups in total. The third kappa shape index (κ3) is 3.07. The highest BCUT2D eigenvalue weighted by atomic mass is 32.2. The van der Waals surface area contributed by atoms with Gasteiger partial charge in [0.05, 0.1) is 19.1 Å². The fourth-order valence-corrected chi connectivity index (χ4v) is 3.62. The molecular formula is C14H21NO4S. The highest BCUT2D eigenvalue weighted by molar-refractivity contribution is 7.90. The number of sulfone groups is 1. The standard InChI is InChI=1S/C14H21NO4S/c1-18-12-8-11(10-4-6-15-7-5-10)14(20(3,16)17)9-13(12)19-2/h8-10,15H,4-7H2,1-3H3. The Balaban J connectivity index is 2.57. The Morgan fingerprint density at radius 3 is 2.15 bits per heavy atom. The van der Waals surface area contributed by atoms with Crippen LogP contribution in [0.2, 0.25) is 0 Å². The molecule has 0 radical (unpaired) electrons. The first-order valence-corrected chi connectivity index (χ1v) is 8.53. The molecule has 1 fully saturated rings. The summed E-state index contributed by atoms with van der Waals surface area (Å²) in [5, 5.41) is 3.29. The van der Waals surface area contributed by atoms with Crippen LogP contribution < -0.4 is 14.8 Å². The van der Waals surface area contributed by atoms with E-state index in [1.165, 1.54) is 13.4 Å². The van der Waals surface area contributed by atoms with E-state index >= 15 is 0 Å². The zero-order chi connectivity index (χ0) is 14.8. The number of piperidine rings is 1. The fourth-order valence-electron chi connectivity index (χ4n) is 2.65. The summed E-state index contributed by atoms with van der Waals surface area (Å²) in [6.07, 6.45) is 3.09. The lowest BCUT2D eigenvalue weighted by Crippen LogP contribution is -2.27. The van der Waals surface area contributed by atoms with Crippen LogP contribution in [0, 0.1) is 0 Å². The number of ether oxygens (including phenoxy) is 2. The molecule has 0 atom stereocenters. The van der Waals surface area contributed by atoms with Crippen molar-refractivity contribution in [3.63, 3.8) is 0 Å². The molecule has 0 saturated carbocycles. The van der Waals surface area contributed by atoms with Crippen LogP contribution in [0.5, 0.6) is 11.5 Å². The highest BCUT2D eigenvalue weighted by Gasteiger charge is 2.25. The van der Waals surface area contributed by atoms with Crippen LogP contribution in [0.4, 0.5) is 0 Å². The molecular weight excluding hydrogens is 278 g/mol. The second-order valence-electron chi connectivity index (χ2n) is 5.04. The molecule has 1 saturated heterocycles. The minimum absolute atomic E-state index is 0.237. The van der Waals surface area contributed by atoms with E-state index in [-0.39, 0.29) is 5.92 Å². The van der Waals surface area contributed by atoms with Crippen molar-refractivity contribution in [1.29, 1.82) is 0 Å². The van der Waals surface area contributed by atoms with E-state index in [0.717, 1.165) is 31.5 Å². The van der Waals surface area contributed by atoms with E-state index in [4.69, 9.17) is 9.47 Å². The first-order valence-electron chi connectivity index (χ1n) is 6.64. The topological polar surface area (TPSA) is 64.6 Å². The summed E-state index contributed by atoms with van der Waals surface area (Å²) < 4.78 is 34.6. The Hall–Kier alpha value is -1.27. The van der Waals surface area contributed by atoms with Gasteiger partial charge in [-0.1, -0.05) is 0 Å². The summed E-state index contributed by atoms with van der Waals surface area (Å²) in [7, 11) is -0.229. The van der Waals surface area contributed by atoms with E-state index < -0.39 is 9.84 Å². The first-order chi connectivity index (χ1) is 9.47. The monoisotopic (exact) mass is 299 g/mol. The van der Waals surface area contributed by atoms with Gasteiger partial charge in [-0.15, -0.1) is 0 Å². The Morgan fingerprint density at radius 1 is 1.10 bits per heavy atom. The fraction of sp³-hybridized carbons (Fsp3) is 0.571. The number of methoxy groups -OCH3 is 2. The lowest BCUT2D eigenvalue weighted by Gasteiger charge is -2.25. The zero-order valence-corrected chi connectivity index (χ0v) is 12.9. The van der Waals surface area contributed by atoms with Gasteiger partial charge < -0.3 is 14.8 Å². The minimum Gasteiger partial charge on any atom is -0.493 e. The molecule has 1 aliphatic rings.